The minimum Gasteiger partial charge on any atom is -0.477 e. The van der Waals surface area contributed by atoms with Gasteiger partial charge in [0.25, 0.3) is 0 Å². The number of Topliss-reactive ketones (excluding diaryl/α,β-unsaturated/α-hetero) is 1. The number of rotatable bonds is 1. The summed E-state index contributed by atoms with van der Waals surface area (Å²) in [6.45, 7) is 0. The number of thiocarbonyl (C=S) groups is 1. The molecule has 0 saturated carbocycles. The van der Waals surface area contributed by atoms with Gasteiger partial charge in [-0.3, -0.25) is 4.79 Å². The number of aromatic carboxylic acids is 1. The highest BCUT2D eigenvalue weighted by atomic mass is 32.1. The van der Waals surface area contributed by atoms with E-state index in [4.69, 9.17) is 5.11 Å². The van der Waals surface area contributed by atoms with E-state index in [0.29, 0.717) is 16.3 Å². The van der Waals surface area contributed by atoms with Gasteiger partial charge in [0.2, 0.25) is 0 Å². The van der Waals surface area contributed by atoms with E-state index in [1.165, 1.54) is 6.07 Å². The van der Waals surface area contributed by atoms with Gasteiger partial charge in [0.05, 0.1) is 0 Å². The first-order chi connectivity index (χ1) is 9.32. The topological polar surface area (TPSA) is 70.5 Å². The molecule has 7 heteroatoms. The average Bonchev–Trinajstić information content (AvgIpc) is 2.39. The maximum Gasteiger partial charge on any atom is 0.354 e. The molecule has 20 heavy (non-hydrogen) atoms. The predicted octanol–water partition coefficient (Wildman–Crippen LogP) is 2.14. The number of ketones is 1. The molecule has 5 nitrogen and oxygen atoms in total. The monoisotopic (exact) mass is 310 g/mol. The lowest BCUT2D eigenvalue weighted by atomic mass is 10.0. The number of thiol groups is 1. The second-order valence-electron chi connectivity index (χ2n) is 4.15. The molecule has 1 aromatic rings. The maximum atomic E-state index is 11.4. The summed E-state index contributed by atoms with van der Waals surface area (Å²) >= 11 is 8.46. The number of nitrogens with zero attached hydrogens (tertiary/aromatic N) is 2. The molecule has 0 bridgehead atoms. The molecule has 0 unspecified atom stereocenters. The van der Waals surface area contributed by atoms with E-state index in [2.05, 4.69) is 29.8 Å². The summed E-state index contributed by atoms with van der Waals surface area (Å²) in [5.74, 6) is -1.25. The Balaban J connectivity index is 0.000000286. The van der Waals surface area contributed by atoms with E-state index in [0.717, 1.165) is 0 Å². The summed E-state index contributed by atoms with van der Waals surface area (Å²) in [6, 6.07) is 2.99. The maximum absolute atomic E-state index is 11.4. The molecule has 0 spiro atoms. The van der Waals surface area contributed by atoms with Crippen LogP contribution in [0.3, 0.4) is 0 Å². The second-order valence-corrected chi connectivity index (χ2v) is 5.26. The number of carbonyl (C=O) groups is 2. The average molecular weight is 310 g/mol. The number of carbonyl (C=O) groups excluding carboxylic acids is 1. The Bertz CT molecular complexity index is 583. The third-order valence-corrected chi connectivity index (χ3v) is 3.16. The van der Waals surface area contributed by atoms with Crippen molar-refractivity contribution in [2.24, 2.45) is 0 Å². The minimum absolute atomic E-state index is 0.0904. The summed E-state index contributed by atoms with van der Waals surface area (Å²) in [6.07, 6.45) is 3.81. The second kappa shape index (κ2) is 7.16. The number of hydrogen-bond donors (Lipinski definition) is 2. The molecule has 0 saturated heterocycles. The Morgan fingerprint density at radius 3 is 2.55 bits per heavy atom. The Morgan fingerprint density at radius 1 is 1.45 bits per heavy atom. The Morgan fingerprint density at radius 2 is 2.05 bits per heavy atom. The van der Waals surface area contributed by atoms with Crippen molar-refractivity contribution in [1.29, 1.82) is 0 Å². The van der Waals surface area contributed by atoms with Gasteiger partial charge < -0.3 is 10.0 Å². The molecule has 0 aromatic carbocycles. The van der Waals surface area contributed by atoms with Gasteiger partial charge in [-0.15, -0.1) is 12.6 Å². The van der Waals surface area contributed by atoms with Gasteiger partial charge in [-0.1, -0.05) is 30.4 Å². The fourth-order valence-corrected chi connectivity index (χ4v) is 1.34. The molecule has 0 atom stereocenters. The molecule has 1 aliphatic rings. The number of pyridine rings is 1. The predicted molar refractivity (Wildman–Crippen MR) is 84.4 cm³/mol. The quantitative estimate of drug-likeness (QED) is 0.612. The van der Waals surface area contributed by atoms with E-state index < -0.39 is 5.97 Å². The van der Waals surface area contributed by atoms with Crippen LogP contribution >= 0.6 is 24.8 Å². The lowest BCUT2D eigenvalue weighted by Crippen LogP contribution is -2.12. The van der Waals surface area contributed by atoms with Gasteiger partial charge in [0, 0.05) is 26.1 Å². The highest BCUT2D eigenvalue weighted by Crippen LogP contribution is 2.17. The van der Waals surface area contributed by atoms with Crippen molar-refractivity contribution in [3.05, 3.63) is 35.2 Å². The Hall–Kier alpha value is -1.73. The molecular formula is C13H14N2O3S2. The molecule has 1 aromatic heterocycles. The van der Waals surface area contributed by atoms with Gasteiger partial charge in [-0.2, -0.15) is 0 Å². The van der Waals surface area contributed by atoms with Gasteiger partial charge in [-0.05, 0) is 6.07 Å². The van der Waals surface area contributed by atoms with Gasteiger partial charge in [0.1, 0.15) is 15.7 Å². The summed E-state index contributed by atoms with van der Waals surface area (Å²) in [4.78, 5) is 27.5. The summed E-state index contributed by atoms with van der Waals surface area (Å²) in [5.41, 5.74) is 0.853. The molecular weight excluding hydrogens is 296 g/mol. The summed E-state index contributed by atoms with van der Waals surface area (Å²) in [7, 11) is 3.71. The van der Waals surface area contributed by atoms with Crippen LogP contribution < -0.4 is 0 Å². The molecule has 1 heterocycles. The van der Waals surface area contributed by atoms with Gasteiger partial charge >= 0.3 is 5.97 Å². The lowest BCUT2D eigenvalue weighted by Gasteiger charge is -2.07. The number of hydrogen-bond acceptors (Lipinski definition) is 4. The van der Waals surface area contributed by atoms with E-state index in [1.54, 1.807) is 23.1 Å². The van der Waals surface area contributed by atoms with Crippen LogP contribution in [0.4, 0.5) is 0 Å². The number of carboxylic acid groups (broad SMARTS) is 1. The highest BCUT2D eigenvalue weighted by molar-refractivity contribution is 8.10. The fourth-order valence-electron chi connectivity index (χ4n) is 1.34. The molecule has 106 valence electrons. The summed E-state index contributed by atoms with van der Waals surface area (Å²) in [5, 5.41) is 8.68. The van der Waals surface area contributed by atoms with Crippen LogP contribution in [0.15, 0.2) is 18.2 Å². The molecule has 0 aliphatic heterocycles. The first kappa shape index (κ1) is 16.3. The number of carboxylic acids is 1. The zero-order valence-electron chi connectivity index (χ0n) is 11.0. The van der Waals surface area contributed by atoms with Crippen molar-refractivity contribution in [1.82, 2.24) is 9.88 Å². The molecule has 0 radical (unpaired) electrons. The normalized spacial score (nSPS) is 12.1. The van der Waals surface area contributed by atoms with Crippen LogP contribution in [0, 0.1) is 0 Å². The van der Waals surface area contributed by atoms with Crippen LogP contribution in [-0.4, -0.2) is 45.2 Å². The smallest absolute Gasteiger partial charge is 0.354 e. The van der Waals surface area contributed by atoms with Gasteiger partial charge in [0.15, 0.2) is 5.78 Å². The van der Waals surface area contributed by atoms with Crippen molar-refractivity contribution in [2.45, 2.75) is 6.42 Å². The van der Waals surface area contributed by atoms with Crippen LogP contribution in [-0.2, 0) is 0 Å². The van der Waals surface area contributed by atoms with Crippen molar-refractivity contribution in [3.63, 3.8) is 0 Å². The van der Waals surface area contributed by atoms with Crippen molar-refractivity contribution < 1.29 is 14.7 Å². The third-order valence-electron chi connectivity index (χ3n) is 2.39. The molecule has 0 fully saturated rings. The zero-order valence-corrected chi connectivity index (χ0v) is 12.7. The molecule has 1 N–H and O–H groups in total. The lowest BCUT2D eigenvalue weighted by molar-refractivity contribution is 0.0690. The fraction of sp³-hybridized carbons (Fsp3) is 0.231. The van der Waals surface area contributed by atoms with E-state index in [-0.39, 0.29) is 17.2 Å². The van der Waals surface area contributed by atoms with E-state index >= 15 is 0 Å². The first-order valence-electron chi connectivity index (χ1n) is 5.67. The molecule has 2 rings (SSSR count). The van der Waals surface area contributed by atoms with Gasteiger partial charge in [-0.25, -0.2) is 9.78 Å². The van der Waals surface area contributed by atoms with Crippen LogP contribution in [0.25, 0.3) is 6.08 Å². The van der Waals surface area contributed by atoms with E-state index in [9.17, 15) is 9.59 Å². The van der Waals surface area contributed by atoms with Crippen molar-refractivity contribution in [2.75, 3.05) is 14.1 Å². The largest absolute Gasteiger partial charge is 0.477 e. The third kappa shape index (κ3) is 4.43. The Kier molecular flexibility index (Phi) is 5.84. The summed E-state index contributed by atoms with van der Waals surface area (Å²) < 4.78 is 0.620. The van der Waals surface area contributed by atoms with Crippen molar-refractivity contribution in [3.8, 4) is 0 Å². The van der Waals surface area contributed by atoms with E-state index in [1.807, 2.05) is 14.1 Å². The van der Waals surface area contributed by atoms with Crippen LogP contribution in [0.5, 0.6) is 0 Å². The minimum atomic E-state index is -1.12. The number of fused-ring (bicyclic) bond motifs is 1. The van der Waals surface area contributed by atoms with Crippen molar-refractivity contribution >= 4 is 47.0 Å². The Labute approximate surface area is 127 Å². The molecule has 0 amide bonds. The number of aromatic nitrogens is 1. The standard InChI is InChI=1S/C10H7NO3.C3H7NS2/c12-8-3-1-2-6-4-5-7(10(13)14)11-9(6)8;1-4(2)3(5)6/h1-2,4-5H,3H2,(H,13,14);1-2H3,(H,5,6). The highest BCUT2D eigenvalue weighted by Gasteiger charge is 2.16. The number of allylic oxidation sites excluding steroid dienone is 1. The van der Waals surface area contributed by atoms with Crippen LogP contribution in [0.2, 0.25) is 0 Å². The molecule has 1 aliphatic carbocycles. The first-order valence-corrected chi connectivity index (χ1v) is 6.52. The SMILES string of the molecule is CN(C)C(=S)S.O=C(O)c1ccc2c(n1)C(=O)CC=C2. The van der Waals surface area contributed by atoms with Crippen LogP contribution in [0.1, 0.15) is 33.0 Å². The zero-order chi connectivity index (χ0) is 15.3.